The fourth-order valence-corrected chi connectivity index (χ4v) is 3.19. The molecule has 2 N–H and O–H groups in total. The topological polar surface area (TPSA) is 98.4 Å². The highest BCUT2D eigenvalue weighted by Crippen LogP contribution is 2.29. The molecule has 0 aliphatic carbocycles. The van der Waals surface area contributed by atoms with Crippen molar-refractivity contribution in [3.63, 3.8) is 0 Å². The third-order valence-electron chi connectivity index (χ3n) is 4.76. The molecule has 9 nitrogen and oxygen atoms in total. The fraction of sp³-hybridized carbons (Fsp3) is 0.500. The predicted molar refractivity (Wildman–Crippen MR) is 105 cm³/mol. The van der Waals surface area contributed by atoms with Crippen molar-refractivity contribution in [3.8, 4) is 5.75 Å². The molecular formula is C20H27N3O6. The Labute approximate surface area is 169 Å². The maximum atomic E-state index is 12.4. The zero-order valence-electron chi connectivity index (χ0n) is 16.8. The van der Waals surface area contributed by atoms with Gasteiger partial charge in [-0.15, -0.1) is 0 Å². The van der Waals surface area contributed by atoms with Gasteiger partial charge in [0, 0.05) is 27.2 Å². The third-order valence-corrected chi connectivity index (χ3v) is 4.76. The summed E-state index contributed by atoms with van der Waals surface area (Å²) < 4.78 is 22.4. The summed E-state index contributed by atoms with van der Waals surface area (Å²) in [6.45, 7) is 0.944. The van der Waals surface area contributed by atoms with Crippen molar-refractivity contribution >= 4 is 12.1 Å². The summed E-state index contributed by atoms with van der Waals surface area (Å²) in [6.07, 6.45) is 1.32. The lowest BCUT2D eigenvalue weighted by molar-refractivity contribution is -0.0281. The summed E-state index contributed by atoms with van der Waals surface area (Å²) in [6, 6.07) is 7.13. The molecular weight excluding hydrogens is 378 g/mol. The lowest BCUT2D eigenvalue weighted by Gasteiger charge is -2.25. The van der Waals surface area contributed by atoms with Crippen LogP contribution in [-0.4, -0.2) is 75.8 Å². The van der Waals surface area contributed by atoms with Crippen molar-refractivity contribution in [1.82, 2.24) is 15.5 Å². The van der Waals surface area contributed by atoms with Crippen molar-refractivity contribution < 1.29 is 28.5 Å². The Morgan fingerprint density at radius 3 is 2.66 bits per heavy atom. The monoisotopic (exact) mass is 405 g/mol. The number of methoxy groups -OCH3 is 1. The Morgan fingerprint density at radius 2 is 1.97 bits per heavy atom. The molecule has 4 atom stereocenters. The van der Waals surface area contributed by atoms with Crippen molar-refractivity contribution in [2.45, 2.75) is 31.0 Å². The minimum absolute atomic E-state index is 0.206. The molecule has 1 fully saturated rings. The predicted octanol–water partition coefficient (Wildman–Crippen LogP) is 1.28. The zero-order valence-corrected chi connectivity index (χ0v) is 16.8. The number of benzene rings is 1. The average Bonchev–Trinajstić information content (AvgIpc) is 3.08. The number of hydrogen-bond acceptors (Lipinski definition) is 6. The molecule has 9 heteroatoms. The third kappa shape index (κ3) is 5.39. The lowest BCUT2D eigenvalue weighted by Crippen LogP contribution is -2.46. The van der Waals surface area contributed by atoms with Crippen LogP contribution in [0.4, 0.5) is 9.59 Å². The summed E-state index contributed by atoms with van der Waals surface area (Å²) in [5, 5.41) is 5.50. The van der Waals surface area contributed by atoms with Gasteiger partial charge >= 0.3 is 12.1 Å². The van der Waals surface area contributed by atoms with Gasteiger partial charge in [0.1, 0.15) is 24.1 Å². The smallest absolute Gasteiger partial charge is 0.407 e. The number of urea groups is 1. The maximum absolute atomic E-state index is 12.4. The highest BCUT2D eigenvalue weighted by atomic mass is 16.6. The van der Waals surface area contributed by atoms with Crippen LogP contribution >= 0.6 is 0 Å². The molecule has 2 aliphatic heterocycles. The summed E-state index contributed by atoms with van der Waals surface area (Å²) in [5.74, 6) is 0.746. The SMILES string of the molecule is COc1ccc(CNC(=O)O[C@H]2[C@@H]3OCC=C[C@@H]3O[C@@H]2CNC(=O)N(C)C)cc1. The van der Waals surface area contributed by atoms with Crippen LogP contribution < -0.4 is 15.4 Å². The van der Waals surface area contributed by atoms with Crippen LogP contribution in [0.1, 0.15) is 5.56 Å². The van der Waals surface area contributed by atoms with Crippen LogP contribution in [0.3, 0.4) is 0 Å². The van der Waals surface area contributed by atoms with Gasteiger partial charge in [0.05, 0.1) is 13.7 Å². The number of amides is 3. The van der Waals surface area contributed by atoms with Gasteiger partial charge in [0.2, 0.25) is 0 Å². The van der Waals surface area contributed by atoms with Crippen LogP contribution in [0.25, 0.3) is 0 Å². The van der Waals surface area contributed by atoms with Crippen LogP contribution in [0.15, 0.2) is 36.4 Å². The van der Waals surface area contributed by atoms with E-state index in [0.717, 1.165) is 11.3 Å². The van der Waals surface area contributed by atoms with Crippen LogP contribution in [0.2, 0.25) is 0 Å². The molecule has 3 amide bonds. The van der Waals surface area contributed by atoms with E-state index in [1.165, 1.54) is 4.90 Å². The second kappa shape index (κ2) is 9.62. The van der Waals surface area contributed by atoms with E-state index >= 15 is 0 Å². The number of fused-ring (bicyclic) bond motifs is 1. The fourth-order valence-electron chi connectivity index (χ4n) is 3.19. The molecule has 0 radical (unpaired) electrons. The maximum Gasteiger partial charge on any atom is 0.407 e. The van der Waals surface area contributed by atoms with Gasteiger partial charge in [-0.3, -0.25) is 0 Å². The van der Waals surface area contributed by atoms with E-state index in [0.29, 0.717) is 13.2 Å². The lowest BCUT2D eigenvalue weighted by atomic mass is 10.1. The summed E-state index contributed by atoms with van der Waals surface area (Å²) in [5.41, 5.74) is 0.912. The number of carbonyl (C=O) groups is 2. The first-order valence-electron chi connectivity index (χ1n) is 9.44. The van der Waals surface area contributed by atoms with E-state index in [1.54, 1.807) is 21.2 Å². The summed E-state index contributed by atoms with van der Waals surface area (Å²) in [7, 11) is 4.90. The second-order valence-corrected chi connectivity index (χ2v) is 7.02. The van der Waals surface area contributed by atoms with E-state index in [-0.39, 0.29) is 18.7 Å². The second-order valence-electron chi connectivity index (χ2n) is 7.02. The molecule has 1 saturated heterocycles. The molecule has 2 aliphatic rings. The van der Waals surface area contributed by atoms with Crippen molar-refractivity contribution in [2.24, 2.45) is 0 Å². The van der Waals surface area contributed by atoms with Gasteiger partial charge in [0.25, 0.3) is 0 Å². The first-order chi connectivity index (χ1) is 14.0. The van der Waals surface area contributed by atoms with Gasteiger partial charge in [0.15, 0.2) is 6.10 Å². The summed E-state index contributed by atoms with van der Waals surface area (Å²) in [4.78, 5) is 25.6. The summed E-state index contributed by atoms with van der Waals surface area (Å²) >= 11 is 0. The van der Waals surface area contributed by atoms with Crippen molar-refractivity contribution in [2.75, 3.05) is 34.4 Å². The number of nitrogens with one attached hydrogen (secondary N) is 2. The number of alkyl carbamates (subject to hydrolysis) is 1. The molecule has 1 aromatic carbocycles. The molecule has 158 valence electrons. The number of rotatable bonds is 6. The number of hydrogen-bond donors (Lipinski definition) is 2. The molecule has 2 heterocycles. The van der Waals surface area contributed by atoms with Gasteiger partial charge in [-0.05, 0) is 17.7 Å². The first-order valence-corrected chi connectivity index (χ1v) is 9.44. The normalized spacial score (nSPS) is 25.1. The van der Waals surface area contributed by atoms with E-state index in [9.17, 15) is 9.59 Å². The van der Waals surface area contributed by atoms with Gasteiger partial charge in [-0.2, -0.15) is 0 Å². The molecule has 0 saturated carbocycles. The largest absolute Gasteiger partial charge is 0.497 e. The molecule has 3 rings (SSSR count). The van der Waals surface area contributed by atoms with E-state index in [1.807, 2.05) is 36.4 Å². The zero-order chi connectivity index (χ0) is 20.8. The average molecular weight is 405 g/mol. The molecule has 0 unspecified atom stereocenters. The van der Waals surface area contributed by atoms with Crippen LogP contribution in [-0.2, 0) is 20.8 Å². The number of ether oxygens (including phenoxy) is 4. The van der Waals surface area contributed by atoms with Crippen molar-refractivity contribution in [1.29, 1.82) is 0 Å². The highest BCUT2D eigenvalue weighted by Gasteiger charge is 2.47. The molecule has 1 aromatic rings. The molecule has 0 bridgehead atoms. The number of nitrogens with zero attached hydrogens (tertiary/aromatic N) is 1. The highest BCUT2D eigenvalue weighted by molar-refractivity contribution is 5.73. The first kappa shape index (κ1) is 20.9. The van der Waals surface area contributed by atoms with E-state index in [4.69, 9.17) is 18.9 Å². The minimum atomic E-state index is -0.636. The Morgan fingerprint density at radius 1 is 1.21 bits per heavy atom. The van der Waals surface area contributed by atoms with Crippen LogP contribution in [0, 0.1) is 0 Å². The minimum Gasteiger partial charge on any atom is -0.497 e. The Bertz CT molecular complexity index is 736. The van der Waals surface area contributed by atoms with Crippen molar-refractivity contribution in [3.05, 3.63) is 42.0 Å². The van der Waals surface area contributed by atoms with Gasteiger partial charge in [-0.1, -0.05) is 24.3 Å². The van der Waals surface area contributed by atoms with E-state index in [2.05, 4.69) is 10.6 Å². The molecule has 0 aromatic heterocycles. The Hall–Kier alpha value is -2.78. The Kier molecular flexibility index (Phi) is 6.95. The Balaban J connectivity index is 1.57. The molecule has 29 heavy (non-hydrogen) atoms. The quantitative estimate of drug-likeness (QED) is 0.692. The van der Waals surface area contributed by atoms with Gasteiger partial charge < -0.3 is 34.5 Å². The number of carbonyl (C=O) groups excluding carboxylic acids is 2. The van der Waals surface area contributed by atoms with Crippen LogP contribution in [0.5, 0.6) is 5.75 Å². The van der Waals surface area contributed by atoms with Gasteiger partial charge in [-0.25, -0.2) is 9.59 Å². The van der Waals surface area contributed by atoms with E-state index < -0.39 is 24.4 Å². The standard InChI is InChI=1S/C20H27N3O6/c1-23(2)19(24)21-12-16-18(17-15(28-16)5-4-10-27-17)29-20(25)22-11-13-6-8-14(26-3)9-7-13/h4-9,15-18H,10-12H2,1-3H3,(H,21,24)(H,22,25)/t15-,16+,17+,18+/m0/s1. The molecule has 0 spiro atoms.